The minimum Gasteiger partial charge on any atom is -0.338 e. The molecule has 88 valence electrons. The van der Waals surface area contributed by atoms with Crippen molar-refractivity contribution in [2.75, 3.05) is 18.5 Å². The molecule has 0 atom stereocenters. The van der Waals surface area contributed by atoms with Gasteiger partial charge in [0.1, 0.15) is 0 Å². The highest BCUT2D eigenvalue weighted by molar-refractivity contribution is 5.92. The summed E-state index contributed by atoms with van der Waals surface area (Å²) in [6, 6.07) is 7.55. The average Bonchev–Trinajstić information content (AvgIpc) is 2.34. The standard InChI is InChI=1S/C12H19N3O/c1-3-8-14-12(16)15(2)11-7-5-4-6-10(11)9-13/h4-7H,3,8-9,13H2,1-2H3,(H,14,16). The molecule has 16 heavy (non-hydrogen) atoms. The molecule has 0 saturated heterocycles. The molecule has 0 fully saturated rings. The van der Waals surface area contributed by atoms with Crippen molar-refractivity contribution in [1.29, 1.82) is 0 Å². The van der Waals surface area contributed by atoms with Crippen LogP contribution >= 0.6 is 0 Å². The summed E-state index contributed by atoms with van der Waals surface area (Å²) in [5.74, 6) is 0. The normalized spacial score (nSPS) is 9.94. The van der Waals surface area contributed by atoms with Crippen LogP contribution in [0.25, 0.3) is 0 Å². The van der Waals surface area contributed by atoms with E-state index in [1.54, 1.807) is 11.9 Å². The van der Waals surface area contributed by atoms with Crippen molar-refractivity contribution in [3.63, 3.8) is 0 Å². The van der Waals surface area contributed by atoms with Crippen LogP contribution in [0.3, 0.4) is 0 Å². The molecule has 0 unspecified atom stereocenters. The Hall–Kier alpha value is -1.55. The third-order valence-electron chi connectivity index (χ3n) is 2.40. The molecule has 0 heterocycles. The van der Waals surface area contributed by atoms with E-state index in [1.807, 2.05) is 31.2 Å². The van der Waals surface area contributed by atoms with Gasteiger partial charge >= 0.3 is 6.03 Å². The van der Waals surface area contributed by atoms with E-state index in [9.17, 15) is 4.79 Å². The Balaban J connectivity index is 2.78. The van der Waals surface area contributed by atoms with E-state index in [0.29, 0.717) is 13.1 Å². The van der Waals surface area contributed by atoms with Crippen molar-refractivity contribution < 1.29 is 4.79 Å². The molecule has 1 aromatic carbocycles. The number of nitrogens with zero attached hydrogens (tertiary/aromatic N) is 1. The molecular weight excluding hydrogens is 202 g/mol. The Morgan fingerprint density at radius 3 is 2.75 bits per heavy atom. The fourth-order valence-corrected chi connectivity index (χ4v) is 1.47. The molecule has 2 amide bonds. The lowest BCUT2D eigenvalue weighted by Gasteiger charge is -2.20. The first-order valence-corrected chi connectivity index (χ1v) is 5.50. The first-order chi connectivity index (χ1) is 7.70. The summed E-state index contributed by atoms with van der Waals surface area (Å²) in [4.78, 5) is 13.3. The summed E-state index contributed by atoms with van der Waals surface area (Å²) in [6.45, 7) is 3.14. The van der Waals surface area contributed by atoms with Gasteiger partial charge in [-0.15, -0.1) is 0 Å². The van der Waals surface area contributed by atoms with Crippen LogP contribution in [0.1, 0.15) is 18.9 Å². The number of benzene rings is 1. The monoisotopic (exact) mass is 221 g/mol. The number of hydrogen-bond donors (Lipinski definition) is 2. The van der Waals surface area contributed by atoms with Crippen LogP contribution in [0.15, 0.2) is 24.3 Å². The molecule has 3 N–H and O–H groups in total. The van der Waals surface area contributed by atoms with E-state index in [-0.39, 0.29) is 6.03 Å². The summed E-state index contributed by atoms with van der Waals surface area (Å²) >= 11 is 0. The number of nitrogens with two attached hydrogens (primary N) is 1. The maximum Gasteiger partial charge on any atom is 0.321 e. The summed E-state index contributed by atoms with van der Waals surface area (Å²) in [7, 11) is 1.75. The molecule has 1 rings (SSSR count). The van der Waals surface area contributed by atoms with Crippen LogP contribution in [0.4, 0.5) is 10.5 Å². The van der Waals surface area contributed by atoms with E-state index < -0.39 is 0 Å². The first kappa shape index (κ1) is 12.5. The Bertz CT molecular complexity index is 352. The molecule has 0 spiro atoms. The number of carbonyl (C=O) groups is 1. The van der Waals surface area contributed by atoms with Gasteiger partial charge in [-0.3, -0.25) is 4.90 Å². The summed E-state index contributed by atoms with van der Waals surface area (Å²) in [6.07, 6.45) is 0.929. The zero-order valence-electron chi connectivity index (χ0n) is 9.86. The number of amides is 2. The maximum absolute atomic E-state index is 11.7. The number of anilines is 1. The van der Waals surface area contributed by atoms with Gasteiger partial charge in [0.05, 0.1) is 0 Å². The van der Waals surface area contributed by atoms with Gasteiger partial charge in [0, 0.05) is 25.8 Å². The fourth-order valence-electron chi connectivity index (χ4n) is 1.47. The lowest BCUT2D eigenvalue weighted by molar-refractivity contribution is 0.247. The van der Waals surface area contributed by atoms with Crippen LogP contribution in [-0.4, -0.2) is 19.6 Å². The first-order valence-electron chi connectivity index (χ1n) is 5.50. The summed E-state index contributed by atoms with van der Waals surface area (Å²) in [5, 5.41) is 2.83. The molecule has 0 radical (unpaired) electrons. The van der Waals surface area contributed by atoms with E-state index in [1.165, 1.54) is 0 Å². The van der Waals surface area contributed by atoms with E-state index in [0.717, 1.165) is 17.7 Å². The minimum atomic E-state index is -0.0947. The second-order valence-electron chi connectivity index (χ2n) is 3.62. The maximum atomic E-state index is 11.7. The van der Waals surface area contributed by atoms with Crippen LogP contribution in [0.2, 0.25) is 0 Å². The zero-order chi connectivity index (χ0) is 12.0. The highest BCUT2D eigenvalue weighted by Gasteiger charge is 2.12. The van der Waals surface area contributed by atoms with Gasteiger partial charge < -0.3 is 11.1 Å². The third kappa shape index (κ3) is 2.97. The molecule has 0 aromatic heterocycles. The molecule has 0 aliphatic carbocycles. The van der Waals surface area contributed by atoms with Gasteiger partial charge in [0.15, 0.2) is 0 Å². The van der Waals surface area contributed by atoms with Gasteiger partial charge in [-0.2, -0.15) is 0 Å². The van der Waals surface area contributed by atoms with Gasteiger partial charge in [0.2, 0.25) is 0 Å². The summed E-state index contributed by atoms with van der Waals surface area (Å²) < 4.78 is 0. The molecule has 0 aliphatic rings. The Labute approximate surface area is 96.4 Å². The fraction of sp³-hybridized carbons (Fsp3) is 0.417. The molecule has 1 aromatic rings. The number of carbonyl (C=O) groups excluding carboxylic acids is 1. The van der Waals surface area contributed by atoms with Crippen LogP contribution < -0.4 is 16.0 Å². The van der Waals surface area contributed by atoms with Crippen molar-refractivity contribution >= 4 is 11.7 Å². The van der Waals surface area contributed by atoms with Crippen LogP contribution in [0, 0.1) is 0 Å². The SMILES string of the molecule is CCCNC(=O)N(C)c1ccccc1CN. The predicted molar refractivity (Wildman–Crippen MR) is 66.4 cm³/mol. The number of para-hydroxylation sites is 1. The lowest BCUT2D eigenvalue weighted by Crippen LogP contribution is -2.38. The topological polar surface area (TPSA) is 58.4 Å². The number of rotatable bonds is 4. The lowest BCUT2D eigenvalue weighted by atomic mass is 10.1. The molecular formula is C12H19N3O. The van der Waals surface area contributed by atoms with Crippen molar-refractivity contribution in [2.24, 2.45) is 5.73 Å². The Kier molecular flexibility index (Phi) is 4.79. The number of nitrogens with one attached hydrogen (secondary N) is 1. The highest BCUT2D eigenvalue weighted by Crippen LogP contribution is 2.18. The van der Waals surface area contributed by atoms with Gasteiger partial charge in [-0.25, -0.2) is 4.79 Å². The smallest absolute Gasteiger partial charge is 0.321 e. The molecule has 0 saturated carbocycles. The van der Waals surface area contributed by atoms with Crippen molar-refractivity contribution in [2.45, 2.75) is 19.9 Å². The van der Waals surface area contributed by atoms with Crippen LogP contribution in [0.5, 0.6) is 0 Å². The van der Waals surface area contributed by atoms with E-state index in [4.69, 9.17) is 5.73 Å². The quantitative estimate of drug-likeness (QED) is 0.813. The Morgan fingerprint density at radius 1 is 1.44 bits per heavy atom. The molecule has 0 aliphatic heterocycles. The van der Waals surface area contributed by atoms with Crippen LogP contribution in [-0.2, 0) is 6.54 Å². The minimum absolute atomic E-state index is 0.0947. The van der Waals surface area contributed by atoms with Gasteiger partial charge in [0.25, 0.3) is 0 Å². The van der Waals surface area contributed by atoms with E-state index >= 15 is 0 Å². The second kappa shape index (κ2) is 6.12. The molecule has 4 heteroatoms. The number of hydrogen-bond acceptors (Lipinski definition) is 2. The Morgan fingerprint density at radius 2 is 2.12 bits per heavy atom. The largest absolute Gasteiger partial charge is 0.338 e. The molecule has 0 bridgehead atoms. The van der Waals surface area contributed by atoms with Crippen molar-refractivity contribution in [3.05, 3.63) is 29.8 Å². The molecule has 4 nitrogen and oxygen atoms in total. The van der Waals surface area contributed by atoms with Crippen molar-refractivity contribution in [3.8, 4) is 0 Å². The van der Waals surface area contributed by atoms with Gasteiger partial charge in [-0.1, -0.05) is 25.1 Å². The van der Waals surface area contributed by atoms with Crippen molar-refractivity contribution in [1.82, 2.24) is 5.32 Å². The van der Waals surface area contributed by atoms with E-state index in [2.05, 4.69) is 5.32 Å². The highest BCUT2D eigenvalue weighted by atomic mass is 16.2. The average molecular weight is 221 g/mol. The zero-order valence-corrected chi connectivity index (χ0v) is 9.86. The third-order valence-corrected chi connectivity index (χ3v) is 2.40. The predicted octanol–water partition coefficient (Wildman–Crippen LogP) is 1.70. The number of urea groups is 1. The second-order valence-corrected chi connectivity index (χ2v) is 3.62. The summed E-state index contributed by atoms with van der Waals surface area (Å²) in [5.41, 5.74) is 7.46. The van der Waals surface area contributed by atoms with Gasteiger partial charge in [-0.05, 0) is 18.1 Å².